The van der Waals surface area contributed by atoms with Crippen LogP contribution in [0.4, 0.5) is 10.2 Å². The second-order valence-electron chi connectivity index (χ2n) is 3.44. The van der Waals surface area contributed by atoms with Gasteiger partial charge in [-0.25, -0.2) is 9.37 Å². The molecule has 1 fully saturated rings. The summed E-state index contributed by atoms with van der Waals surface area (Å²) in [4.78, 5) is 3.91. The van der Waals surface area contributed by atoms with Crippen molar-refractivity contribution >= 4 is 5.82 Å². The molecule has 0 amide bonds. The number of hydrogen-bond donors (Lipinski definition) is 2. The van der Waals surface area contributed by atoms with E-state index in [4.69, 9.17) is 5.73 Å². The first-order chi connectivity index (χ1) is 6.26. The van der Waals surface area contributed by atoms with Gasteiger partial charge in [0.25, 0.3) is 0 Å². The predicted molar refractivity (Wildman–Crippen MR) is 48.8 cm³/mol. The van der Waals surface area contributed by atoms with Gasteiger partial charge in [-0.1, -0.05) is 0 Å². The van der Waals surface area contributed by atoms with Gasteiger partial charge in [0.2, 0.25) is 0 Å². The molecule has 0 atom stereocenters. The van der Waals surface area contributed by atoms with Gasteiger partial charge in [0.05, 0.1) is 5.54 Å². The fourth-order valence-corrected chi connectivity index (χ4v) is 1.26. The molecule has 1 aliphatic carbocycles. The van der Waals surface area contributed by atoms with E-state index in [1.165, 1.54) is 6.07 Å². The number of nitrogens with two attached hydrogens (primary N) is 1. The van der Waals surface area contributed by atoms with Crippen LogP contribution in [0.15, 0.2) is 18.3 Å². The van der Waals surface area contributed by atoms with Crippen LogP contribution in [0.5, 0.6) is 0 Å². The van der Waals surface area contributed by atoms with E-state index in [-0.39, 0.29) is 11.4 Å². The Kier molecular flexibility index (Phi) is 1.92. The summed E-state index contributed by atoms with van der Waals surface area (Å²) in [6.07, 6.45) is 3.57. The average Bonchev–Trinajstić information content (AvgIpc) is 2.90. The van der Waals surface area contributed by atoms with Crippen LogP contribution in [0.25, 0.3) is 0 Å². The lowest BCUT2D eigenvalue weighted by molar-refractivity contribution is 0.615. The van der Waals surface area contributed by atoms with Crippen LogP contribution in [0, 0.1) is 5.82 Å². The predicted octanol–water partition coefficient (Wildman–Crippen LogP) is 1.12. The summed E-state index contributed by atoms with van der Waals surface area (Å²) >= 11 is 0. The minimum atomic E-state index is -0.317. The number of halogens is 1. The number of nitrogens with zero attached hydrogens (tertiary/aromatic N) is 1. The zero-order valence-electron chi connectivity index (χ0n) is 7.26. The van der Waals surface area contributed by atoms with E-state index in [2.05, 4.69) is 10.3 Å². The SMILES string of the molecule is NCC1(Nc2ncccc2F)CC1. The molecule has 0 aliphatic heterocycles. The topological polar surface area (TPSA) is 50.9 Å². The van der Waals surface area contributed by atoms with Gasteiger partial charge < -0.3 is 11.1 Å². The van der Waals surface area contributed by atoms with Crippen molar-refractivity contribution in [3.63, 3.8) is 0 Å². The van der Waals surface area contributed by atoms with Crippen molar-refractivity contribution in [1.82, 2.24) is 4.98 Å². The van der Waals surface area contributed by atoms with E-state index >= 15 is 0 Å². The monoisotopic (exact) mass is 181 g/mol. The quantitative estimate of drug-likeness (QED) is 0.734. The standard InChI is InChI=1S/C9H12FN3/c10-7-2-1-5-12-8(7)13-9(6-11)3-4-9/h1-2,5H,3-4,6,11H2,(H,12,13). The second kappa shape index (κ2) is 2.96. The zero-order chi connectivity index (χ0) is 9.31. The highest BCUT2D eigenvalue weighted by molar-refractivity contribution is 5.41. The Bertz CT molecular complexity index is 309. The first-order valence-corrected chi connectivity index (χ1v) is 4.35. The number of hydrogen-bond acceptors (Lipinski definition) is 3. The molecule has 1 heterocycles. The lowest BCUT2D eigenvalue weighted by atomic mass is 10.2. The van der Waals surface area contributed by atoms with E-state index in [0.29, 0.717) is 12.4 Å². The molecule has 3 N–H and O–H groups in total. The lowest BCUT2D eigenvalue weighted by Crippen LogP contribution is -2.31. The van der Waals surface area contributed by atoms with Crippen molar-refractivity contribution in [2.75, 3.05) is 11.9 Å². The van der Waals surface area contributed by atoms with Gasteiger partial charge in [-0.3, -0.25) is 0 Å². The van der Waals surface area contributed by atoms with E-state index in [1.807, 2.05) is 0 Å². The Morgan fingerprint density at radius 2 is 2.38 bits per heavy atom. The third-order valence-electron chi connectivity index (χ3n) is 2.39. The summed E-state index contributed by atoms with van der Waals surface area (Å²) in [7, 11) is 0. The molecule has 4 heteroatoms. The highest BCUT2D eigenvalue weighted by Crippen LogP contribution is 2.37. The van der Waals surface area contributed by atoms with Gasteiger partial charge in [0.1, 0.15) is 0 Å². The molecule has 1 saturated carbocycles. The molecule has 0 aromatic carbocycles. The average molecular weight is 181 g/mol. The largest absolute Gasteiger partial charge is 0.361 e. The smallest absolute Gasteiger partial charge is 0.165 e. The molecule has 70 valence electrons. The fraction of sp³-hybridized carbons (Fsp3) is 0.444. The summed E-state index contributed by atoms with van der Waals surface area (Å²) in [6.45, 7) is 0.531. The van der Waals surface area contributed by atoms with Crippen molar-refractivity contribution in [2.24, 2.45) is 5.73 Å². The minimum Gasteiger partial charge on any atom is -0.361 e. The van der Waals surface area contributed by atoms with Crippen molar-refractivity contribution in [2.45, 2.75) is 18.4 Å². The molecule has 0 spiro atoms. The van der Waals surface area contributed by atoms with Gasteiger partial charge in [-0.15, -0.1) is 0 Å². The first-order valence-electron chi connectivity index (χ1n) is 4.35. The number of pyridine rings is 1. The third kappa shape index (κ3) is 1.62. The zero-order valence-corrected chi connectivity index (χ0v) is 7.26. The Labute approximate surface area is 76.2 Å². The van der Waals surface area contributed by atoms with Gasteiger partial charge in [0.15, 0.2) is 11.6 Å². The van der Waals surface area contributed by atoms with Crippen LogP contribution < -0.4 is 11.1 Å². The van der Waals surface area contributed by atoms with Crippen molar-refractivity contribution < 1.29 is 4.39 Å². The molecule has 1 aromatic rings. The Morgan fingerprint density at radius 3 is 2.92 bits per heavy atom. The van der Waals surface area contributed by atoms with Gasteiger partial charge in [-0.05, 0) is 25.0 Å². The van der Waals surface area contributed by atoms with Crippen LogP contribution in [-0.2, 0) is 0 Å². The molecular formula is C9H12FN3. The maximum atomic E-state index is 13.1. The van der Waals surface area contributed by atoms with Crippen LogP contribution in [0.3, 0.4) is 0 Å². The first kappa shape index (κ1) is 8.44. The lowest BCUT2D eigenvalue weighted by Gasteiger charge is -2.15. The molecular weight excluding hydrogens is 169 g/mol. The van der Waals surface area contributed by atoms with Gasteiger partial charge in [-0.2, -0.15) is 0 Å². The molecule has 0 unspecified atom stereocenters. The molecule has 3 nitrogen and oxygen atoms in total. The van der Waals surface area contributed by atoms with Crippen LogP contribution in [0.1, 0.15) is 12.8 Å². The molecule has 0 radical (unpaired) electrons. The minimum absolute atomic E-state index is 0.0881. The van der Waals surface area contributed by atoms with E-state index < -0.39 is 0 Å². The van der Waals surface area contributed by atoms with E-state index in [9.17, 15) is 4.39 Å². The Morgan fingerprint density at radius 1 is 1.62 bits per heavy atom. The summed E-state index contributed by atoms with van der Waals surface area (Å²) in [5.74, 6) is -0.00678. The molecule has 1 aromatic heterocycles. The fourth-order valence-electron chi connectivity index (χ4n) is 1.26. The normalized spacial score (nSPS) is 18.3. The summed E-state index contributed by atoms with van der Waals surface area (Å²) in [5.41, 5.74) is 5.47. The van der Waals surface area contributed by atoms with Crippen molar-refractivity contribution in [3.8, 4) is 0 Å². The summed E-state index contributed by atoms with van der Waals surface area (Å²) < 4.78 is 13.1. The molecule has 13 heavy (non-hydrogen) atoms. The molecule has 2 rings (SSSR count). The van der Waals surface area contributed by atoms with Crippen LogP contribution in [0.2, 0.25) is 0 Å². The summed E-state index contributed by atoms with van der Waals surface area (Å²) in [6, 6.07) is 2.96. The van der Waals surface area contributed by atoms with Gasteiger partial charge in [0, 0.05) is 12.7 Å². The second-order valence-corrected chi connectivity index (χ2v) is 3.44. The molecule has 0 saturated heterocycles. The van der Waals surface area contributed by atoms with Crippen molar-refractivity contribution in [1.29, 1.82) is 0 Å². The third-order valence-corrected chi connectivity index (χ3v) is 2.39. The molecule has 0 bridgehead atoms. The Balaban J connectivity index is 2.14. The summed E-state index contributed by atoms with van der Waals surface area (Å²) in [5, 5.41) is 3.04. The number of anilines is 1. The van der Waals surface area contributed by atoms with Crippen LogP contribution in [-0.4, -0.2) is 17.1 Å². The maximum absolute atomic E-state index is 13.1. The highest BCUT2D eigenvalue weighted by Gasteiger charge is 2.41. The number of rotatable bonds is 3. The Hall–Kier alpha value is -1.16. The van der Waals surface area contributed by atoms with Crippen molar-refractivity contribution in [3.05, 3.63) is 24.1 Å². The van der Waals surface area contributed by atoms with E-state index in [1.54, 1.807) is 12.3 Å². The highest BCUT2D eigenvalue weighted by atomic mass is 19.1. The maximum Gasteiger partial charge on any atom is 0.165 e. The van der Waals surface area contributed by atoms with Crippen LogP contribution >= 0.6 is 0 Å². The van der Waals surface area contributed by atoms with E-state index in [0.717, 1.165) is 12.8 Å². The van der Waals surface area contributed by atoms with Gasteiger partial charge >= 0.3 is 0 Å². The number of nitrogens with one attached hydrogen (secondary N) is 1. The molecule has 1 aliphatic rings. The number of aromatic nitrogens is 1.